The van der Waals surface area contributed by atoms with Gasteiger partial charge in [0, 0.05) is 12.0 Å². The molecule has 0 fully saturated rings. The van der Waals surface area contributed by atoms with Crippen molar-refractivity contribution in [3.8, 4) is 29.2 Å². The SMILES string of the molecule is C#CCN1CC2=C(Cc3cc(-c4ccccc4)ccc3O2)C1=O. The second kappa shape index (κ2) is 5.33. The van der Waals surface area contributed by atoms with E-state index in [4.69, 9.17) is 11.2 Å². The number of amides is 1. The van der Waals surface area contributed by atoms with Crippen LogP contribution in [0.1, 0.15) is 5.56 Å². The monoisotopic (exact) mass is 301 g/mol. The Morgan fingerprint density at radius 3 is 2.74 bits per heavy atom. The minimum absolute atomic E-state index is 0.00582. The molecule has 0 N–H and O–H groups in total. The van der Waals surface area contributed by atoms with E-state index in [9.17, 15) is 4.79 Å². The molecule has 2 aromatic carbocycles. The van der Waals surface area contributed by atoms with Crippen LogP contribution in [0.15, 0.2) is 59.9 Å². The van der Waals surface area contributed by atoms with Crippen LogP contribution in [0.25, 0.3) is 11.1 Å². The molecule has 0 aliphatic carbocycles. The molecular weight excluding hydrogens is 286 g/mol. The van der Waals surface area contributed by atoms with E-state index >= 15 is 0 Å². The third-order valence-corrected chi connectivity index (χ3v) is 4.27. The minimum atomic E-state index is -0.00582. The largest absolute Gasteiger partial charge is 0.459 e. The number of fused-ring (bicyclic) bond motifs is 1. The molecule has 0 unspecified atom stereocenters. The number of carbonyl (C=O) groups excluding carboxylic acids is 1. The van der Waals surface area contributed by atoms with E-state index in [2.05, 4.69) is 30.2 Å². The first-order chi connectivity index (χ1) is 11.3. The molecule has 3 heteroatoms. The van der Waals surface area contributed by atoms with Crippen molar-refractivity contribution in [3.05, 3.63) is 65.4 Å². The van der Waals surface area contributed by atoms with Crippen LogP contribution in [0.5, 0.6) is 5.75 Å². The van der Waals surface area contributed by atoms with E-state index in [1.54, 1.807) is 4.90 Å². The van der Waals surface area contributed by atoms with E-state index in [1.165, 1.54) is 0 Å². The van der Waals surface area contributed by atoms with Gasteiger partial charge >= 0.3 is 0 Å². The molecule has 2 aliphatic rings. The average Bonchev–Trinajstić information content (AvgIpc) is 2.89. The highest BCUT2D eigenvalue weighted by Crippen LogP contribution is 2.36. The summed E-state index contributed by atoms with van der Waals surface area (Å²) in [5, 5.41) is 0. The van der Waals surface area contributed by atoms with Gasteiger partial charge in [0.15, 0.2) is 0 Å². The summed E-state index contributed by atoms with van der Waals surface area (Å²) in [5.74, 6) is 4.09. The molecule has 1 amide bonds. The first-order valence-electron chi connectivity index (χ1n) is 7.57. The van der Waals surface area contributed by atoms with Crippen LogP contribution in [-0.2, 0) is 11.2 Å². The van der Waals surface area contributed by atoms with Gasteiger partial charge in [0.2, 0.25) is 0 Å². The fraction of sp³-hybridized carbons (Fsp3) is 0.150. The Hall–Kier alpha value is -2.99. The summed E-state index contributed by atoms with van der Waals surface area (Å²) in [4.78, 5) is 14.0. The predicted octanol–water partition coefficient (Wildman–Crippen LogP) is 3.02. The zero-order chi connectivity index (χ0) is 15.8. The molecule has 0 radical (unpaired) electrons. The highest BCUT2D eigenvalue weighted by molar-refractivity contribution is 5.98. The highest BCUT2D eigenvalue weighted by Gasteiger charge is 2.34. The molecule has 2 aliphatic heterocycles. The van der Waals surface area contributed by atoms with Crippen LogP contribution in [0.3, 0.4) is 0 Å². The second-order valence-electron chi connectivity index (χ2n) is 5.73. The van der Waals surface area contributed by atoms with Gasteiger partial charge in [-0.15, -0.1) is 6.42 Å². The quantitative estimate of drug-likeness (QED) is 0.798. The fourth-order valence-electron chi connectivity index (χ4n) is 3.11. The lowest BCUT2D eigenvalue weighted by Crippen LogP contribution is -2.27. The average molecular weight is 301 g/mol. The van der Waals surface area contributed by atoms with Crippen molar-refractivity contribution in [3.63, 3.8) is 0 Å². The van der Waals surface area contributed by atoms with E-state index in [0.717, 1.165) is 33.8 Å². The van der Waals surface area contributed by atoms with Crippen LogP contribution in [0, 0.1) is 12.3 Å². The van der Waals surface area contributed by atoms with Gasteiger partial charge in [0.1, 0.15) is 11.5 Å². The van der Waals surface area contributed by atoms with E-state index in [-0.39, 0.29) is 5.91 Å². The summed E-state index contributed by atoms with van der Waals surface area (Å²) in [7, 11) is 0. The standard InChI is InChI=1S/C20H15NO2/c1-2-10-21-13-19-17(20(21)22)12-16-11-15(8-9-18(16)23-19)14-6-4-3-5-7-14/h1,3-9,11H,10,12-13H2. The van der Waals surface area contributed by atoms with Gasteiger partial charge in [0.05, 0.1) is 18.7 Å². The van der Waals surface area contributed by atoms with Crippen molar-refractivity contribution in [2.24, 2.45) is 0 Å². The summed E-state index contributed by atoms with van der Waals surface area (Å²) < 4.78 is 5.94. The third-order valence-electron chi connectivity index (χ3n) is 4.27. The summed E-state index contributed by atoms with van der Waals surface area (Å²) in [6, 6.07) is 16.3. The molecule has 0 aromatic heterocycles. The molecule has 0 spiro atoms. The molecule has 2 heterocycles. The molecule has 3 nitrogen and oxygen atoms in total. The van der Waals surface area contributed by atoms with Gasteiger partial charge < -0.3 is 9.64 Å². The maximum absolute atomic E-state index is 12.4. The van der Waals surface area contributed by atoms with Crippen molar-refractivity contribution in [1.29, 1.82) is 0 Å². The first kappa shape index (κ1) is 13.7. The zero-order valence-electron chi connectivity index (χ0n) is 12.6. The van der Waals surface area contributed by atoms with E-state index in [1.807, 2.05) is 24.3 Å². The van der Waals surface area contributed by atoms with Gasteiger partial charge in [-0.2, -0.15) is 0 Å². The predicted molar refractivity (Wildman–Crippen MR) is 88.6 cm³/mol. The molecule has 4 rings (SSSR count). The summed E-state index contributed by atoms with van der Waals surface area (Å²) in [6.45, 7) is 0.791. The Bertz CT molecular complexity index is 859. The Kier molecular flexibility index (Phi) is 3.17. The molecule has 0 atom stereocenters. The molecule has 2 aromatic rings. The topological polar surface area (TPSA) is 29.5 Å². The lowest BCUT2D eigenvalue weighted by atomic mass is 9.96. The number of nitrogens with zero attached hydrogens (tertiary/aromatic N) is 1. The molecule has 0 saturated carbocycles. The Morgan fingerprint density at radius 1 is 1.13 bits per heavy atom. The van der Waals surface area contributed by atoms with Gasteiger partial charge in [-0.1, -0.05) is 42.3 Å². The Morgan fingerprint density at radius 2 is 1.96 bits per heavy atom. The molecule has 0 saturated heterocycles. The Balaban J connectivity index is 1.66. The molecule has 112 valence electrons. The zero-order valence-corrected chi connectivity index (χ0v) is 12.6. The molecule has 23 heavy (non-hydrogen) atoms. The first-order valence-corrected chi connectivity index (χ1v) is 7.57. The lowest BCUT2D eigenvalue weighted by molar-refractivity contribution is -0.125. The minimum Gasteiger partial charge on any atom is -0.459 e. The fourth-order valence-corrected chi connectivity index (χ4v) is 3.11. The highest BCUT2D eigenvalue weighted by atomic mass is 16.5. The second-order valence-corrected chi connectivity index (χ2v) is 5.73. The van der Waals surface area contributed by atoms with Crippen LogP contribution in [0.2, 0.25) is 0 Å². The van der Waals surface area contributed by atoms with Crippen molar-refractivity contribution >= 4 is 5.91 Å². The number of benzene rings is 2. The van der Waals surface area contributed by atoms with Crippen molar-refractivity contribution < 1.29 is 9.53 Å². The van der Waals surface area contributed by atoms with Crippen molar-refractivity contribution in [1.82, 2.24) is 4.90 Å². The van der Waals surface area contributed by atoms with E-state index < -0.39 is 0 Å². The third kappa shape index (κ3) is 2.29. The number of rotatable bonds is 2. The smallest absolute Gasteiger partial charge is 0.254 e. The number of hydrogen-bond donors (Lipinski definition) is 0. The van der Waals surface area contributed by atoms with Crippen molar-refractivity contribution in [2.75, 3.05) is 13.1 Å². The van der Waals surface area contributed by atoms with Gasteiger partial charge in [-0.25, -0.2) is 0 Å². The number of carbonyl (C=O) groups is 1. The molecular formula is C20H15NO2. The van der Waals surface area contributed by atoms with E-state index in [0.29, 0.717) is 19.5 Å². The van der Waals surface area contributed by atoms with Crippen LogP contribution in [-0.4, -0.2) is 23.9 Å². The molecule has 0 bridgehead atoms. The summed E-state index contributed by atoms with van der Waals surface area (Å²) in [6.07, 6.45) is 5.93. The van der Waals surface area contributed by atoms with Gasteiger partial charge in [-0.3, -0.25) is 4.79 Å². The number of terminal acetylenes is 1. The Labute approximate surface area is 135 Å². The van der Waals surface area contributed by atoms with Gasteiger partial charge in [0.25, 0.3) is 5.91 Å². The van der Waals surface area contributed by atoms with Crippen molar-refractivity contribution in [2.45, 2.75) is 6.42 Å². The maximum atomic E-state index is 12.4. The summed E-state index contributed by atoms with van der Waals surface area (Å²) >= 11 is 0. The van der Waals surface area contributed by atoms with Crippen LogP contribution < -0.4 is 4.74 Å². The maximum Gasteiger partial charge on any atom is 0.254 e. The normalized spacial score (nSPS) is 15.8. The lowest BCUT2D eigenvalue weighted by Gasteiger charge is -2.18. The van der Waals surface area contributed by atoms with Crippen LogP contribution in [0.4, 0.5) is 0 Å². The van der Waals surface area contributed by atoms with Gasteiger partial charge in [-0.05, 0) is 23.3 Å². The number of ether oxygens (including phenoxy) is 1. The van der Waals surface area contributed by atoms with Crippen LogP contribution >= 0.6 is 0 Å². The number of hydrogen-bond acceptors (Lipinski definition) is 2. The summed E-state index contributed by atoms with van der Waals surface area (Å²) in [5.41, 5.74) is 4.06.